The summed E-state index contributed by atoms with van der Waals surface area (Å²) < 4.78 is 5.23. The summed E-state index contributed by atoms with van der Waals surface area (Å²) in [5, 5.41) is 13.7. The minimum Gasteiger partial charge on any atom is -0.391 e. The average molecular weight is 263 g/mol. The lowest BCUT2D eigenvalue weighted by atomic mass is 10.1. The zero-order valence-corrected chi connectivity index (χ0v) is 10.5. The maximum absolute atomic E-state index is 9.78. The number of rotatable bonds is 3. The number of aliphatic hydroxyl groups excluding tert-OH is 1. The molecule has 0 bridgehead atoms. The van der Waals surface area contributed by atoms with Gasteiger partial charge in [-0.2, -0.15) is 16.7 Å². The number of nitrogens with zero attached hydrogens (tertiary/aromatic N) is 3. The van der Waals surface area contributed by atoms with E-state index >= 15 is 0 Å². The van der Waals surface area contributed by atoms with E-state index in [9.17, 15) is 5.11 Å². The standard InChI is InChI=1S/C12H13N3O2S/c16-10-7-18-6-9(10)12-14-11(15-17-12)5-8-3-1-2-4-13-8/h1-4,9-10,16H,5-7H2. The molecule has 94 valence electrons. The van der Waals surface area contributed by atoms with Gasteiger partial charge in [0.15, 0.2) is 5.82 Å². The first-order chi connectivity index (χ1) is 8.83. The largest absolute Gasteiger partial charge is 0.391 e. The van der Waals surface area contributed by atoms with Gasteiger partial charge in [0.1, 0.15) is 0 Å². The average Bonchev–Trinajstić information content (AvgIpc) is 2.99. The van der Waals surface area contributed by atoms with Crippen molar-refractivity contribution in [3.8, 4) is 0 Å². The number of hydrogen-bond acceptors (Lipinski definition) is 6. The molecule has 0 aliphatic carbocycles. The van der Waals surface area contributed by atoms with Crippen LogP contribution in [-0.4, -0.2) is 37.8 Å². The fraction of sp³-hybridized carbons (Fsp3) is 0.417. The summed E-state index contributed by atoms with van der Waals surface area (Å²) in [6, 6.07) is 5.73. The lowest BCUT2D eigenvalue weighted by Gasteiger charge is -2.06. The van der Waals surface area contributed by atoms with Crippen LogP contribution in [0.15, 0.2) is 28.9 Å². The van der Waals surface area contributed by atoms with Gasteiger partial charge in [-0.3, -0.25) is 4.98 Å². The molecule has 3 heterocycles. The van der Waals surface area contributed by atoms with Gasteiger partial charge in [-0.15, -0.1) is 0 Å². The van der Waals surface area contributed by atoms with E-state index in [0.29, 0.717) is 18.1 Å². The van der Waals surface area contributed by atoms with Gasteiger partial charge < -0.3 is 9.63 Å². The molecule has 0 aromatic carbocycles. The van der Waals surface area contributed by atoms with Crippen molar-refractivity contribution in [2.75, 3.05) is 11.5 Å². The fourth-order valence-corrected chi connectivity index (χ4v) is 3.16. The number of aromatic nitrogens is 3. The van der Waals surface area contributed by atoms with E-state index in [2.05, 4.69) is 15.1 Å². The third kappa shape index (κ3) is 2.39. The normalized spacial score (nSPS) is 23.4. The quantitative estimate of drug-likeness (QED) is 0.898. The molecule has 1 fully saturated rings. The smallest absolute Gasteiger partial charge is 0.233 e. The molecule has 2 unspecified atom stereocenters. The Kier molecular flexibility index (Phi) is 3.29. The number of pyridine rings is 1. The second-order valence-corrected chi connectivity index (χ2v) is 5.33. The van der Waals surface area contributed by atoms with E-state index in [1.165, 1.54) is 0 Å². The molecule has 1 saturated heterocycles. The van der Waals surface area contributed by atoms with Crippen LogP contribution in [0.5, 0.6) is 0 Å². The first-order valence-corrected chi connectivity index (χ1v) is 6.96. The van der Waals surface area contributed by atoms with E-state index < -0.39 is 0 Å². The third-order valence-electron chi connectivity index (χ3n) is 2.92. The highest BCUT2D eigenvalue weighted by atomic mass is 32.2. The summed E-state index contributed by atoms with van der Waals surface area (Å²) in [6.07, 6.45) is 1.92. The van der Waals surface area contributed by atoms with Crippen molar-refractivity contribution in [2.24, 2.45) is 0 Å². The highest BCUT2D eigenvalue weighted by Gasteiger charge is 2.32. The van der Waals surface area contributed by atoms with Crippen LogP contribution in [0.3, 0.4) is 0 Å². The molecule has 1 N–H and O–H groups in total. The van der Waals surface area contributed by atoms with Gasteiger partial charge in [0.05, 0.1) is 18.4 Å². The Morgan fingerprint density at radius 3 is 3.06 bits per heavy atom. The van der Waals surface area contributed by atoms with E-state index in [-0.39, 0.29) is 12.0 Å². The van der Waals surface area contributed by atoms with E-state index in [4.69, 9.17) is 4.52 Å². The highest BCUT2D eigenvalue weighted by molar-refractivity contribution is 7.99. The van der Waals surface area contributed by atoms with Gasteiger partial charge in [0, 0.05) is 23.4 Å². The first-order valence-electron chi connectivity index (χ1n) is 5.81. The Balaban J connectivity index is 1.74. The van der Waals surface area contributed by atoms with E-state index in [1.54, 1.807) is 18.0 Å². The van der Waals surface area contributed by atoms with Crippen molar-refractivity contribution in [3.63, 3.8) is 0 Å². The van der Waals surface area contributed by atoms with Crippen molar-refractivity contribution in [1.82, 2.24) is 15.1 Å². The third-order valence-corrected chi connectivity index (χ3v) is 4.09. The number of hydrogen-bond donors (Lipinski definition) is 1. The van der Waals surface area contributed by atoms with Crippen LogP contribution in [0.2, 0.25) is 0 Å². The van der Waals surface area contributed by atoms with Crippen molar-refractivity contribution < 1.29 is 9.63 Å². The van der Waals surface area contributed by atoms with Crippen LogP contribution >= 0.6 is 11.8 Å². The lowest BCUT2D eigenvalue weighted by molar-refractivity contribution is 0.164. The molecule has 0 spiro atoms. The summed E-state index contributed by atoms with van der Waals surface area (Å²) >= 11 is 1.71. The van der Waals surface area contributed by atoms with Gasteiger partial charge in [-0.05, 0) is 12.1 Å². The predicted molar refractivity (Wildman–Crippen MR) is 67.4 cm³/mol. The maximum atomic E-state index is 9.78. The van der Waals surface area contributed by atoms with Crippen LogP contribution in [-0.2, 0) is 6.42 Å². The molecule has 3 rings (SSSR count). The molecule has 5 nitrogen and oxygen atoms in total. The lowest BCUT2D eigenvalue weighted by Crippen LogP contribution is -2.15. The van der Waals surface area contributed by atoms with Gasteiger partial charge in [-0.1, -0.05) is 11.2 Å². The molecule has 0 radical (unpaired) electrons. The molecule has 1 aliphatic heterocycles. The molecule has 6 heteroatoms. The molecule has 18 heavy (non-hydrogen) atoms. The molecule has 2 aromatic rings. The van der Waals surface area contributed by atoms with Crippen LogP contribution in [0, 0.1) is 0 Å². The summed E-state index contributed by atoms with van der Waals surface area (Å²) in [5.74, 6) is 2.71. The van der Waals surface area contributed by atoms with Crippen molar-refractivity contribution in [1.29, 1.82) is 0 Å². The Morgan fingerprint density at radius 1 is 1.39 bits per heavy atom. The predicted octanol–water partition coefficient (Wildman–Crippen LogP) is 1.25. The van der Waals surface area contributed by atoms with Gasteiger partial charge in [0.25, 0.3) is 0 Å². The molecule has 0 saturated carbocycles. The van der Waals surface area contributed by atoms with Crippen LogP contribution in [0.4, 0.5) is 0 Å². The minimum atomic E-state index is -0.377. The summed E-state index contributed by atoms with van der Waals surface area (Å²) in [4.78, 5) is 8.57. The van der Waals surface area contributed by atoms with Crippen molar-refractivity contribution in [2.45, 2.75) is 18.4 Å². The molecular formula is C12H13N3O2S. The van der Waals surface area contributed by atoms with E-state index in [0.717, 1.165) is 17.2 Å². The topological polar surface area (TPSA) is 72.0 Å². The van der Waals surface area contributed by atoms with Crippen LogP contribution < -0.4 is 0 Å². The Hall–Kier alpha value is -1.40. The molecule has 2 aromatic heterocycles. The summed E-state index contributed by atoms with van der Waals surface area (Å²) in [7, 11) is 0. The van der Waals surface area contributed by atoms with Crippen LogP contribution in [0.25, 0.3) is 0 Å². The summed E-state index contributed by atoms with van der Waals surface area (Å²) in [5.41, 5.74) is 0.909. The Bertz CT molecular complexity index is 517. The highest BCUT2D eigenvalue weighted by Crippen LogP contribution is 2.31. The van der Waals surface area contributed by atoms with Crippen molar-refractivity contribution >= 4 is 11.8 Å². The zero-order chi connectivity index (χ0) is 12.4. The molecule has 0 amide bonds. The fourth-order valence-electron chi connectivity index (χ4n) is 1.93. The van der Waals surface area contributed by atoms with E-state index in [1.807, 2.05) is 18.2 Å². The molecule has 1 aliphatic rings. The van der Waals surface area contributed by atoms with Gasteiger partial charge >= 0.3 is 0 Å². The summed E-state index contributed by atoms with van der Waals surface area (Å²) in [6.45, 7) is 0. The van der Waals surface area contributed by atoms with Gasteiger partial charge in [-0.25, -0.2) is 0 Å². The number of aliphatic hydroxyl groups is 1. The zero-order valence-electron chi connectivity index (χ0n) is 9.69. The number of thioether (sulfide) groups is 1. The molecule has 2 atom stereocenters. The Labute approximate surface area is 109 Å². The van der Waals surface area contributed by atoms with Gasteiger partial charge in [0.2, 0.25) is 5.89 Å². The first kappa shape index (κ1) is 11.7. The SMILES string of the molecule is OC1CSCC1c1nc(Cc2ccccn2)no1. The minimum absolute atomic E-state index is 0.0278. The Morgan fingerprint density at radius 2 is 2.33 bits per heavy atom. The van der Waals surface area contributed by atoms with Crippen LogP contribution in [0.1, 0.15) is 23.3 Å². The monoisotopic (exact) mass is 263 g/mol. The van der Waals surface area contributed by atoms with Crippen molar-refractivity contribution in [3.05, 3.63) is 41.8 Å². The maximum Gasteiger partial charge on any atom is 0.233 e. The second kappa shape index (κ2) is 5.07. The second-order valence-electron chi connectivity index (χ2n) is 4.26. The molecular weight excluding hydrogens is 250 g/mol.